The normalized spacial score (nSPS) is 15.1. The Balaban J connectivity index is 1.56. The smallest absolute Gasteiger partial charge is 0.243 e. The topological polar surface area (TPSA) is 76.2 Å². The number of aryl methyl sites for hydroxylation is 1. The summed E-state index contributed by atoms with van der Waals surface area (Å²) in [4.78, 5) is 14.5. The minimum absolute atomic E-state index is 0.000303. The lowest BCUT2D eigenvalue weighted by atomic mass is 10.1. The van der Waals surface area contributed by atoms with Crippen LogP contribution in [-0.4, -0.2) is 63.9 Å². The van der Waals surface area contributed by atoms with Crippen molar-refractivity contribution in [1.29, 1.82) is 0 Å². The van der Waals surface area contributed by atoms with Crippen LogP contribution in [0.5, 0.6) is 11.5 Å². The third-order valence-electron chi connectivity index (χ3n) is 5.08. The summed E-state index contributed by atoms with van der Waals surface area (Å²) in [7, 11) is -0.420. The molecule has 162 valence electrons. The van der Waals surface area contributed by atoms with E-state index in [-0.39, 0.29) is 23.9 Å². The van der Waals surface area contributed by atoms with E-state index in [4.69, 9.17) is 21.1 Å². The molecule has 1 saturated heterocycles. The van der Waals surface area contributed by atoms with Crippen molar-refractivity contribution in [3.8, 4) is 11.5 Å². The third-order valence-corrected chi connectivity index (χ3v) is 7.25. The molecule has 7 nitrogen and oxygen atoms in total. The van der Waals surface area contributed by atoms with Crippen LogP contribution in [0, 0.1) is 0 Å². The third kappa shape index (κ3) is 5.24. The molecule has 1 amide bonds. The molecule has 0 bridgehead atoms. The van der Waals surface area contributed by atoms with Gasteiger partial charge in [0.1, 0.15) is 11.5 Å². The SMILES string of the molecule is COc1cc(CCC(=O)N2CCN(S(=O)(=O)c3ccc(Cl)cc3)CC2)cc(OC)c1. The highest BCUT2D eigenvalue weighted by molar-refractivity contribution is 7.89. The number of piperazine rings is 1. The Labute approximate surface area is 182 Å². The summed E-state index contributed by atoms with van der Waals surface area (Å²) in [6.07, 6.45) is 0.885. The molecule has 9 heteroatoms. The zero-order valence-electron chi connectivity index (χ0n) is 17.0. The number of amides is 1. The van der Waals surface area contributed by atoms with E-state index in [0.717, 1.165) is 5.56 Å². The van der Waals surface area contributed by atoms with Crippen LogP contribution < -0.4 is 9.47 Å². The molecule has 0 aliphatic carbocycles. The minimum atomic E-state index is -3.59. The first kappa shape index (κ1) is 22.4. The molecular formula is C21H25ClN2O5S. The van der Waals surface area contributed by atoms with E-state index in [1.165, 1.54) is 16.4 Å². The van der Waals surface area contributed by atoms with E-state index in [2.05, 4.69) is 0 Å². The van der Waals surface area contributed by atoms with Crippen molar-refractivity contribution in [3.63, 3.8) is 0 Å². The number of benzene rings is 2. The van der Waals surface area contributed by atoms with Crippen molar-refractivity contribution >= 4 is 27.5 Å². The summed E-state index contributed by atoms with van der Waals surface area (Å²) in [5, 5.41) is 0.484. The molecule has 0 N–H and O–H groups in total. The molecule has 0 unspecified atom stereocenters. The van der Waals surface area contributed by atoms with Gasteiger partial charge in [-0.3, -0.25) is 4.79 Å². The average Bonchev–Trinajstić information content (AvgIpc) is 2.77. The van der Waals surface area contributed by atoms with Gasteiger partial charge < -0.3 is 14.4 Å². The quantitative estimate of drug-likeness (QED) is 0.645. The van der Waals surface area contributed by atoms with Crippen molar-refractivity contribution in [2.45, 2.75) is 17.7 Å². The lowest BCUT2D eigenvalue weighted by molar-refractivity contribution is -0.132. The fraction of sp³-hybridized carbons (Fsp3) is 0.381. The highest BCUT2D eigenvalue weighted by Crippen LogP contribution is 2.24. The van der Waals surface area contributed by atoms with E-state index in [1.54, 1.807) is 37.3 Å². The molecule has 30 heavy (non-hydrogen) atoms. The summed E-state index contributed by atoms with van der Waals surface area (Å²) in [5.74, 6) is 1.36. The summed E-state index contributed by atoms with van der Waals surface area (Å²) in [6, 6.07) is 11.7. The average molecular weight is 453 g/mol. The van der Waals surface area contributed by atoms with Crippen molar-refractivity contribution in [2.75, 3.05) is 40.4 Å². The molecule has 2 aromatic rings. The highest BCUT2D eigenvalue weighted by atomic mass is 35.5. The summed E-state index contributed by atoms with van der Waals surface area (Å²) >= 11 is 5.84. The number of carbonyl (C=O) groups is 1. The molecule has 0 saturated carbocycles. The molecule has 3 rings (SSSR count). The molecule has 0 atom stereocenters. The number of carbonyl (C=O) groups excluding carboxylic acids is 1. The monoisotopic (exact) mass is 452 g/mol. The van der Waals surface area contributed by atoms with Gasteiger partial charge in [0.2, 0.25) is 15.9 Å². The van der Waals surface area contributed by atoms with Gasteiger partial charge in [-0.05, 0) is 48.4 Å². The number of hydrogen-bond donors (Lipinski definition) is 0. The number of sulfonamides is 1. The van der Waals surface area contributed by atoms with Crippen LogP contribution in [0.3, 0.4) is 0 Å². The predicted molar refractivity (Wildman–Crippen MR) is 115 cm³/mol. The molecule has 0 aromatic heterocycles. The molecule has 1 aliphatic rings. The molecular weight excluding hydrogens is 428 g/mol. The predicted octanol–water partition coefficient (Wildman–Crippen LogP) is 2.82. The molecule has 0 spiro atoms. The van der Waals surface area contributed by atoms with Gasteiger partial charge in [0.15, 0.2) is 0 Å². The van der Waals surface area contributed by atoms with Crippen LogP contribution >= 0.6 is 11.6 Å². The maximum atomic E-state index is 12.8. The van der Waals surface area contributed by atoms with E-state index in [0.29, 0.717) is 42.5 Å². The molecule has 1 heterocycles. The number of ether oxygens (including phenoxy) is 2. The summed E-state index contributed by atoms with van der Waals surface area (Å²) < 4.78 is 37.5. The Bertz CT molecular complexity index is 965. The molecule has 1 aliphatic heterocycles. The summed E-state index contributed by atoms with van der Waals surface area (Å²) in [6.45, 7) is 1.27. The van der Waals surface area contributed by atoms with Gasteiger partial charge in [0.25, 0.3) is 0 Å². The zero-order valence-corrected chi connectivity index (χ0v) is 18.6. The number of hydrogen-bond acceptors (Lipinski definition) is 5. The lowest BCUT2D eigenvalue weighted by Crippen LogP contribution is -2.50. The van der Waals surface area contributed by atoms with E-state index < -0.39 is 10.0 Å². The Kier molecular flexibility index (Phi) is 7.23. The van der Waals surface area contributed by atoms with E-state index in [9.17, 15) is 13.2 Å². The van der Waals surface area contributed by atoms with Crippen LogP contribution in [0.2, 0.25) is 5.02 Å². The van der Waals surface area contributed by atoms with Crippen molar-refractivity contribution < 1.29 is 22.7 Å². The van der Waals surface area contributed by atoms with Gasteiger partial charge in [-0.15, -0.1) is 0 Å². The fourth-order valence-corrected chi connectivity index (χ4v) is 4.90. The van der Waals surface area contributed by atoms with Crippen LogP contribution in [0.15, 0.2) is 47.4 Å². The number of halogens is 1. The van der Waals surface area contributed by atoms with Gasteiger partial charge in [-0.25, -0.2) is 8.42 Å². The van der Waals surface area contributed by atoms with Crippen molar-refractivity contribution in [1.82, 2.24) is 9.21 Å². The Hall–Kier alpha value is -2.29. The van der Waals surface area contributed by atoms with Gasteiger partial charge in [0.05, 0.1) is 19.1 Å². The Morgan fingerprint density at radius 3 is 2.07 bits per heavy atom. The second kappa shape index (κ2) is 9.68. The number of methoxy groups -OCH3 is 2. The van der Waals surface area contributed by atoms with Gasteiger partial charge in [-0.1, -0.05) is 11.6 Å². The van der Waals surface area contributed by atoms with Gasteiger partial charge in [-0.2, -0.15) is 4.31 Å². The van der Waals surface area contributed by atoms with Crippen LogP contribution in [0.25, 0.3) is 0 Å². The zero-order chi connectivity index (χ0) is 21.7. The second-order valence-corrected chi connectivity index (χ2v) is 9.33. The van der Waals surface area contributed by atoms with Crippen LogP contribution in [-0.2, 0) is 21.2 Å². The van der Waals surface area contributed by atoms with Crippen molar-refractivity contribution in [3.05, 3.63) is 53.1 Å². The lowest BCUT2D eigenvalue weighted by Gasteiger charge is -2.34. The molecule has 2 aromatic carbocycles. The first-order valence-electron chi connectivity index (χ1n) is 9.59. The maximum absolute atomic E-state index is 12.8. The maximum Gasteiger partial charge on any atom is 0.243 e. The standard InChI is InChI=1S/C21H25ClN2O5S/c1-28-18-13-16(14-19(15-18)29-2)3-8-21(25)23-9-11-24(12-10-23)30(26,27)20-6-4-17(22)5-7-20/h4-7,13-15H,3,8-12H2,1-2H3. The first-order valence-corrected chi connectivity index (χ1v) is 11.4. The van der Waals surface area contributed by atoms with E-state index in [1.807, 2.05) is 12.1 Å². The Morgan fingerprint density at radius 2 is 1.53 bits per heavy atom. The van der Waals surface area contributed by atoms with Crippen LogP contribution in [0.1, 0.15) is 12.0 Å². The number of nitrogens with zero attached hydrogens (tertiary/aromatic N) is 2. The van der Waals surface area contributed by atoms with Gasteiger partial charge in [0, 0.05) is 43.7 Å². The van der Waals surface area contributed by atoms with E-state index >= 15 is 0 Å². The first-order chi connectivity index (χ1) is 14.3. The molecule has 1 fully saturated rings. The van der Waals surface area contributed by atoms with Crippen molar-refractivity contribution in [2.24, 2.45) is 0 Å². The van der Waals surface area contributed by atoms with Crippen LogP contribution in [0.4, 0.5) is 0 Å². The minimum Gasteiger partial charge on any atom is -0.497 e. The highest BCUT2D eigenvalue weighted by Gasteiger charge is 2.29. The number of rotatable bonds is 7. The summed E-state index contributed by atoms with van der Waals surface area (Å²) in [5.41, 5.74) is 0.948. The van der Waals surface area contributed by atoms with Gasteiger partial charge >= 0.3 is 0 Å². The largest absolute Gasteiger partial charge is 0.497 e. The second-order valence-electron chi connectivity index (χ2n) is 6.96. The molecule has 0 radical (unpaired) electrons. The Morgan fingerprint density at radius 1 is 0.967 bits per heavy atom. The fourth-order valence-electron chi connectivity index (χ4n) is 3.35.